The summed E-state index contributed by atoms with van der Waals surface area (Å²) in [5.41, 5.74) is 2.97. The SMILES string of the molecule is CCNC(=O)C1(Cc2cccc(-c3ccncc3)c2)CCN(C(=O)C2CCC2)CC1. The van der Waals surface area contributed by atoms with Crippen molar-refractivity contribution < 1.29 is 9.59 Å². The van der Waals surface area contributed by atoms with E-state index in [1.54, 1.807) is 12.4 Å². The van der Waals surface area contributed by atoms with Crippen LogP contribution in [0, 0.1) is 11.3 Å². The van der Waals surface area contributed by atoms with Gasteiger partial charge in [0.05, 0.1) is 5.41 Å². The molecule has 5 nitrogen and oxygen atoms in total. The van der Waals surface area contributed by atoms with E-state index in [0.29, 0.717) is 32.0 Å². The Morgan fingerprint density at radius 1 is 1.10 bits per heavy atom. The monoisotopic (exact) mass is 405 g/mol. The van der Waals surface area contributed by atoms with Crippen LogP contribution in [0.2, 0.25) is 0 Å². The average molecular weight is 406 g/mol. The number of nitrogens with one attached hydrogen (secondary N) is 1. The standard InChI is InChI=1S/C25H31N3O2/c1-2-27-24(30)25(11-15-28(16-12-25)23(29)21-6-4-7-21)18-19-5-3-8-22(17-19)20-9-13-26-14-10-20/h3,5,8-10,13-14,17,21H,2,4,6-7,11-12,15-16,18H2,1H3,(H,27,30). The molecule has 158 valence electrons. The number of benzene rings is 1. The van der Waals surface area contributed by atoms with Crippen molar-refractivity contribution in [2.45, 2.75) is 45.4 Å². The van der Waals surface area contributed by atoms with Gasteiger partial charge in [-0.1, -0.05) is 30.7 Å². The third-order valence-corrected chi connectivity index (χ3v) is 6.79. The highest BCUT2D eigenvalue weighted by molar-refractivity contribution is 5.84. The van der Waals surface area contributed by atoms with Crippen molar-refractivity contribution in [3.05, 3.63) is 54.4 Å². The van der Waals surface area contributed by atoms with E-state index in [9.17, 15) is 9.59 Å². The third kappa shape index (κ3) is 4.25. The highest BCUT2D eigenvalue weighted by Crippen LogP contribution is 2.38. The number of pyridine rings is 1. The molecule has 1 saturated heterocycles. The minimum Gasteiger partial charge on any atom is -0.356 e. The van der Waals surface area contributed by atoms with Gasteiger partial charge < -0.3 is 10.2 Å². The summed E-state index contributed by atoms with van der Waals surface area (Å²) in [6, 6.07) is 12.5. The number of carbonyl (C=O) groups is 2. The molecule has 0 radical (unpaired) electrons. The van der Waals surface area contributed by atoms with Crippen molar-refractivity contribution in [2.75, 3.05) is 19.6 Å². The van der Waals surface area contributed by atoms with Crippen molar-refractivity contribution in [3.8, 4) is 11.1 Å². The zero-order chi connectivity index (χ0) is 21.0. The number of rotatable bonds is 6. The van der Waals surface area contributed by atoms with Crippen LogP contribution in [-0.4, -0.2) is 41.3 Å². The van der Waals surface area contributed by atoms with Crippen molar-refractivity contribution in [1.29, 1.82) is 0 Å². The first-order valence-electron chi connectivity index (χ1n) is 11.2. The maximum atomic E-state index is 13.1. The Bertz CT molecular complexity index is 884. The first-order chi connectivity index (χ1) is 14.6. The number of carbonyl (C=O) groups excluding carboxylic acids is 2. The Labute approximate surface area is 178 Å². The highest BCUT2D eigenvalue weighted by atomic mass is 16.2. The first-order valence-corrected chi connectivity index (χ1v) is 11.2. The van der Waals surface area contributed by atoms with Crippen LogP contribution in [0.15, 0.2) is 48.8 Å². The van der Waals surface area contributed by atoms with Crippen molar-refractivity contribution in [2.24, 2.45) is 11.3 Å². The Balaban J connectivity index is 1.52. The lowest BCUT2D eigenvalue weighted by Gasteiger charge is -2.42. The van der Waals surface area contributed by atoms with E-state index in [1.807, 2.05) is 24.0 Å². The van der Waals surface area contributed by atoms with Crippen LogP contribution < -0.4 is 5.32 Å². The van der Waals surface area contributed by atoms with Gasteiger partial charge in [-0.3, -0.25) is 14.6 Å². The van der Waals surface area contributed by atoms with E-state index in [0.717, 1.165) is 42.4 Å². The summed E-state index contributed by atoms with van der Waals surface area (Å²) in [7, 11) is 0. The van der Waals surface area contributed by atoms with Crippen LogP contribution in [0.25, 0.3) is 11.1 Å². The Kier molecular flexibility index (Phi) is 6.16. The molecule has 5 heteroatoms. The van der Waals surface area contributed by atoms with Crippen LogP contribution >= 0.6 is 0 Å². The molecule has 1 aliphatic carbocycles. The molecule has 2 fully saturated rings. The zero-order valence-electron chi connectivity index (χ0n) is 17.8. The molecule has 0 bridgehead atoms. The summed E-state index contributed by atoms with van der Waals surface area (Å²) in [6.45, 7) is 3.94. The quantitative estimate of drug-likeness (QED) is 0.794. The van der Waals surface area contributed by atoms with Gasteiger partial charge in [-0.15, -0.1) is 0 Å². The molecule has 1 aromatic heterocycles. The number of hydrogen-bond donors (Lipinski definition) is 1. The van der Waals surface area contributed by atoms with E-state index in [4.69, 9.17) is 0 Å². The molecule has 2 aromatic rings. The second kappa shape index (κ2) is 8.99. The molecule has 30 heavy (non-hydrogen) atoms. The maximum absolute atomic E-state index is 13.1. The lowest BCUT2D eigenvalue weighted by Crippen LogP contribution is -2.52. The number of amides is 2. The molecule has 1 saturated carbocycles. The summed E-state index contributed by atoms with van der Waals surface area (Å²) in [5, 5.41) is 3.06. The van der Waals surface area contributed by atoms with Crippen molar-refractivity contribution >= 4 is 11.8 Å². The van der Waals surface area contributed by atoms with Gasteiger partial charge in [0, 0.05) is 37.9 Å². The molecule has 2 aliphatic rings. The van der Waals surface area contributed by atoms with Crippen molar-refractivity contribution in [1.82, 2.24) is 15.2 Å². The molecular formula is C25H31N3O2. The summed E-state index contributed by atoms with van der Waals surface area (Å²) in [5.74, 6) is 0.638. The molecular weight excluding hydrogens is 374 g/mol. The summed E-state index contributed by atoms with van der Waals surface area (Å²) >= 11 is 0. The van der Waals surface area contributed by atoms with Gasteiger partial charge in [0.25, 0.3) is 0 Å². The lowest BCUT2D eigenvalue weighted by molar-refractivity contribution is -0.144. The van der Waals surface area contributed by atoms with Gasteiger partial charge >= 0.3 is 0 Å². The molecule has 4 rings (SSSR count). The summed E-state index contributed by atoms with van der Waals surface area (Å²) < 4.78 is 0. The van der Waals surface area contributed by atoms with Gasteiger partial charge in [-0.2, -0.15) is 0 Å². The van der Waals surface area contributed by atoms with Crippen LogP contribution in [0.1, 0.15) is 44.6 Å². The maximum Gasteiger partial charge on any atom is 0.226 e. The van der Waals surface area contributed by atoms with Gasteiger partial charge in [0.1, 0.15) is 0 Å². The topological polar surface area (TPSA) is 62.3 Å². The summed E-state index contributed by atoms with van der Waals surface area (Å²) in [4.78, 5) is 31.9. The number of aromatic nitrogens is 1. The second-order valence-electron chi connectivity index (χ2n) is 8.71. The van der Waals surface area contributed by atoms with Crippen molar-refractivity contribution in [3.63, 3.8) is 0 Å². The smallest absolute Gasteiger partial charge is 0.226 e. The number of likely N-dealkylation sites (tertiary alicyclic amines) is 1. The largest absolute Gasteiger partial charge is 0.356 e. The fourth-order valence-electron chi connectivity index (χ4n) is 4.70. The molecule has 2 heterocycles. The molecule has 0 unspecified atom stereocenters. The van der Waals surface area contributed by atoms with Gasteiger partial charge in [0.2, 0.25) is 11.8 Å². The normalized spacial score (nSPS) is 18.5. The molecule has 0 spiro atoms. The highest BCUT2D eigenvalue weighted by Gasteiger charge is 2.43. The van der Waals surface area contributed by atoms with Gasteiger partial charge in [0.15, 0.2) is 0 Å². The number of piperidine rings is 1. The predicted octanol–water partition coefficient (Wildman–Crippen LogP) is 3.84. The minimum absolute atomic E-state index is 0.120. The second-order valence-corrected chi connectivity index (χ2v) is 8.71. The molecule has 1 N–H and O–H groups in total. The predicted molar refractivity (Wildman–Crippen MR) is 118 cm³/mol. The van der Waals surface area contributed by atoms with Crippen LogP contribution in [0.4, 0.5) is 0 Å². The third-order valence-electron chi connectivity index (χ3n) is 6.79. The fraction of sp³-hybridized carbons (Fsp3) is 0.480. The fourth-order valence-corrected chi connectivity index (χ4v) is 4.70. The zero-order valence-corrected chi connectivity index (χ0v) is 17.8. The number of nitrogens with zero attached hydrogens (tertiary/aromatic N) is 2. The molecule has 1 aliphatic heterocycles. The molecule has 2 amide bonds. The first kappa shape index (κ1) is 20.6. The van der Waals surface area contributed by atoms with E-state index >= 15 is 0 Å². The Morgan fingerprint density at radius 3 is 2.47 bits per heavy atom. The van der Waals surface area contributed by atoms with E-state index in [2.05, 4.69) is 34.6 Å². The Hall–Kier alpha value is -2.69. The lowest BCUT2D eigenvalue weighted by atomic mass is 9.72. The van der Waals surface area contributed by atoms with E-state index < -0.39 is 5.41 Å². The number of hydrogen-bond acceptors (Lipinski definition) is 3. The summed E-state index contributed by atoms with van der Waals surface area (Å²) in [6.07, 6.45) is 8.95. The van der Waals surface area contributed by atoms with Gasteiger partial charge in [-0.25, -0.2) is 0 Å². The average Bonchev–Trinajstić information content (AvgIpc) is 2.74. The molecule has 0 atom stereocenters. The van der Waals surface area contributed by atoms with E-state index in [1.165, 1.54) is 6.42 Å². The van der Waals surface area contributed by atoms with Crippen LogP contribution in [0.3, 0.4) is 0 Å². The van der Waals surface area contributed by atoms with Crippen LogP contribution in [0.5, 0.6) is 0 Å². The molecule has 1 aromatic carbocycles. The Morgan fingerprint density at radius 2 is 1.83 bits per heavy atom. The minimum atomic E-state index is -0.455. The van der Waals surface area contributed by atoms with E-state index in [-0.39, 0.29) is 11.8 Å². The van der Waals surface area contributed by atoms with Crippen LogP contribution in [-0.2, 0) is 16.0 Å². The van der Waals surface area contributed by atoms with Gasteiger partial charge in [-0.05, 0) is 67.9 Å².